The van der Waals surface area contributed by atoms with E-state index in [1.807, 2.05) is 18.2 Å². The van der Waals surface area contributed by atoms with E-state index in [2.05, 4.69) is 0 Å². The largest absolute Gasteiger partial charge is 0.493 e. The Bertz CT molecular complexity index is 366. The summed E-state index contributed by atoms with van der Waals surface area (Å²) >= 11 is 0. The van der Waals surface area contributed by atoms with E-state index in [1.165, 1.54) is 19.3 Å². The molecule has 1 aliphatic rings. The van der Waals surface area contributed by atoms with Crippen molar-refractivity contribution in [2.75, 3.05) is 14.2 Å². The van der Waals surface area contributed by atoms with E-state index >= 15 is 0 Å². The van der Waals surface area contributed by atoms with Crippen molar-refractivity contribution in [2.45, 2.75) is 25.3 Å². The molecule has 1 aromatic rings. The molecule has 0 heterocycles. The quantitative estimate of drug-likeness (QED) is 0.902. The fraction of sp³-hybridized carbons (Fsp3) is 0.538. The fourth-order valence-corrected chi connectivity index (χ4v) is 2.13. The van der Waals surface area contributed by atoms with Gasteiger partial charge in [-0.15, -0.1) is 12.4 Å². The molecular weight excluding hydrogens is 238 g/mol. The summed E-state index contributed by atoms with van der Waals surface area (Å²) in [5, 5.41) is 0. The molecule has 2 rings (SSSR count). The molecule has 0 bridgehead atoms. The van der Waals surface area contributed by atoms with Crippen molar-refractivity contribution in [1.29, 1.82) is 0 Å². The molecule has 1 fully saturated rings. The van der Waals surface area contributed by atoms with Crippen LogP contribution in [0.15, 0.2) is 18.2 Å². The molecule has 1 aliphatic carbocycles. The molecule has 0 saturated heterocycles. The van der Waals surface area contributed by atoms with Crippen LogP contribution in [0.2, 0.25) is 0 Å². The molecule has 1 saturated carbocycles. The zero-order valence-corrected chi connectivity index (χ0v) is 11.1. The number of methoxy groups -OCH3 is 2. The van der Waals surface area contributed by atoms with Gasteiger partial charge in [-0.2, -0.15) is 0 Å². The zero-order valence-electron chi connectivity index (χ0n) is 10.3. The second-order valence-electron chi connectivity index (χ2n) is 4.33. The third kappa shape index (κ3) is 2.85. The average molecular weight is 258 g/mol. The normalized spacial score (nSPS) is 16.6. The van der Waals surface area contributed by atoms with Crippen LogP contribution in [-0.2, 0) is 0 Å². The number of ether oxygens (including phenoxy) is 2. The van der Waals surface area contributed by atoms with Gasteiger partial charge in [0, 0.05) is 6.04 Å². The van der Waals surface area contributed by atoms with E-state index in [0.717, 1.165) is 17.1 Å². The lowest BCUT2D eigenvalue weighted by Gasteiger charge is -2.31. The van der Waals surface area contributed by atoms with Crippen molar-refractivity contribution in [3.05, 3.63) is 23.8 Å². The van der Waals surface area contributed by atoms with Gasteiger partial charge >= 0.3 is 0 Å². The highest BCUT2D eigenvalue weighted by Crippen LogP contribution is 2.38. The van der Waals surface area contributed by atoms with E-state index in [-0.39, 0.29) is 18.4 Å². The summed E-state index contributed by atoms with van der Waals surface area (Å²) in [5.41, 5.74) is 7.36. The first-order valence-electron chi connectivity index (χ1n) is 5.73. The predicted octanol–water partition coefficient (Wildman–Crippen LogP) is 2.93. The summed E-state index contributed by atoms with van der Waals surface area (Å²) in [5.74, 6) is 2.15. The fourth-order valence-electron chi connectivity index (χ4n) is 2.13. The van der Waals surface area contributed by atoms with E-state index < -0.39 is 0 Å². The molecule has 3 nitrogen and oxygen atoms in total. The Kier molecular flexibility index (Phi) is 5.09. The molecule has 0 aliphatic heterocycles. The standard InChI is InChI=1S/C13H19NO2.ClH/c1-15-11-7-6-10(8-12(11)16-2)13(14)9-4-3-5-9;/h6-9,13H,3-5,14H2,1-2H3;1H/t13-;/m0./s1. The highest BCUT2D eigenvalue weighted by Gasteiger charge is 2.26. The summed E-state index contributed by atoms with van der Waals surface area (Å²) in [4.78, 5) is 0. The maximum absolute atomic E-state index is 6.22. The first kappa shape index (κ1) is 14.1. The second kappa shape index (κ2) is 6.12. The molecule has 0 amide bonds. The van der Waals surface area contributed by atoms with Crippen LogP contribution in [0.4, 0.5) is 0 Å². The van der Waals surface area contributed by atoms with Crippen LogP contribution in [0.3, 0.4) is 0 Å². The monoisotopic (exact) mass is 257 g/mol. The molecule has 96 valence electrons. The van der Waals surface area contributed by atoms with Gasteiger partial charge in [-0.05, 0) is 36.5 Å². The number of halogens is 1. The van der Waals surface area contributed by atoms with Crippen molar-refractivity contribution < 1.29 is 9.47 Å². The van der Waals surface area contributed by atoms with Crippen molar-refractivity contribution in [2.24, 2.45) is 11.7 Å². The van der Waals surface area contributed by atoms with Crippen molar-refractivity contribution in [1.82, 2.24) is 0 Å². The van der Waals surface area contributed by atoms with E-state index in [0.29, 0.717) is 5.92 Å². The number of hydrogen-bond donors (Lipinski definition) is 1. The lowest BCUT2D eigenvalue weighted by Crippen LogP contribution is -2.26. The van der Waals surface area contributed by atoms with Gasteiger partial charge in [0.1, 0.15) is 0 Å². The summed E-state index contributed by atoms with van der Waals surface area (Å²) < 4.78 is 10.5. The molecule has 1 atom stereocenters. The zero-order chi connectivity index (χ0) is 11.5. The Morgan fingerprint density at radius 1 is 1.18 bits per heavy atom. The van der Waals surface area contributed by atoms with Gasteiger partial charge in [0.15, 0.2) is 11.5 Å². The third-order valence-electron chi connectivity index (χ3n) is 3.45. The molecule has 0 unspecified atom stereocenters. The predicted molar refractivity (Wildman–Crippen MR) is 71.1 cm³/mol. The Balaban J connectivity index is 0.00000144. The minimum Gasteiger partial charge on any atom is -0.493 e. The minimum absolute atomic E-state index is 0. The van der Waals surface area contributed by atoms with Crippen LogP contribution in [0.25, 0.3) is 0 Å². The second-order valence-corrected chi connectivity index (χ2v) is 4.33. The van der Waals surface area contributed by atoms with Gasteiger partial charge in [-0.3, -0.25) is 0 Å². The topological polar surface area (TPSA) is 44.5 Å². The van der Waals surface area contributed by atoms with Crippen LogP contribution in [0, 0.1) is 5.92 Å². The van der Waals surface area contributed by atoms with Crippen molar-refractivity contribution >= 4 is 12.4 Å². The summed E-state index contributed by atoms with van der Waals surface area (Å²) in [7, 11) is 3.29. The van der Waals surface area contributed by atoms with E-state index in [9.17, 15) is 0 Å². The number of nitrogens with two attached hydrogens (primary N) is 1. The average Bonchev–Trinajstić information content (AvgIpc) is 2.25. The molecule has 0 aromatic heterocycles. The summed E-state index contributed by atoms with van der Waals surface area (Å²) in [6.45, 7) is 0. The van der Waals surface area contributed by atoms with Crippen LogP contribution in [-0.4, -0.2) is 14.2 Å². The van der Waals surface area contributed by atoms with Gasteiger partial charge in [-0.25, -0.2) is 0 Å². The first-order valence-corrected chi connectivity index (χ1v) is 5.73. The number of benzene rings is 1. The van der Waals surface area contributed by atoms with Gasteiger partial charge in [0.2, 0.25) is 0 Å². The number of hydrogen-bond acceptors (Lipinski definition) is 3. The van der Waals surface area contributed by atoms with E-state index in [1.54, 1.807) is 14.2 Å². The minimum atomic E-state index is 0. The van der Waals surface area contributed by atoms with Crippen LogP contribution in [0.1, 0.15) is 30.9 Å². The summed E-state index contributed by atoms with van der Waals surface area (Å²) in [6, 6.07) is 6.08. The highest BCUT2D eigenvalue weighted by atomic mass is 35.5. The molecule has 17 heavy (non-hydrogen) atoms. The Hall–Kier alpha value is -0.930. The first-order chi connectivity index (χ1) is 7.76. The smallest absolute Gasteiger partial charge is 0.161 e. The molecular formula is C13H20ClNO2. The van der Waals surface area contributed by atoms with Crippen LogP contribution < -0.4 is 15.2 Å². The SMILES string of the molecule is COc1ccc([C@@H](N)C2CCC2)cc1OC.Cl. The van der Waals surface area contributed by atoms with Gasteiger partial charge in [0.05, 0.1) is 14.2 Å². The van der Waals surface area contributed by atoms with Gasteiger partial charge in [-0.1, -0.05) is 12.5 Å². The molecule has 0 spiro atoms. The van der Waals surface area contributed by atoms with Gasteiger partial charge in [0.25, 0.3) is 0 Å². The van der Waals surface area contributed by atoms with Crippen molar-refractivity contribution in [3.63, 3.8) is 0 Å². The van der Waals surface area contributed by atoms with Crippen LogP contribution in [0.5, 0.6) is 11.5 Å². The lowest BCUT2D eigenvalue weighted by molar-refractivity contribution is 0.263. The maximum Gasteiger partial charge on any atom is 0.161 e. The maximum atomic E-state index is 6.22. The van der Waals surface area contributed by atoms with Gasteiger partial charge < -0.3 is 15.2 Å². The molecule has 4 heteroatoms. The Morgan fingerprint density at radius 2 is 1.82 bits per heavy atom. The Labute approximate surface area is 109 Å². The summed E-state index contributed by atoms with van der Waals surface area (Å²) in [6.07, 6.45) is 3.80. The number of rotatable bonds is 4. The third-order valence-corrected chi connectivity index (χ3v) is 3.45. The molecule has 0 radical (unpaired) electrons. The molecule has 1 aromatic carbocycles. The van der Waals surface area contributed by atoms with Crippen LogP contribution >= 0.6 is 12.4 Å². The van der Waals surface area contributed by atoms with E-state index in [4.69, 9.17) is 15.2 Å². The Morgan fingerprint density at radius 3 is 2.29 bits per heavy atom. The van der Waals surface area contributed by atoms with Crippen molar-refractivity contribution in [3.8, 4) is 11.5 Å². The lowest BCUT2D eigenvalue weighted by atomic mass is 9.77. The highest BCUT2D eigenvalue weighted by molar-refractivity contribution is 5.85. The molecule has 2 N–H and O–H groups in total.